The minimum atomic E-state index is 0.101. The average molecular weight is 156 g/mol. The van der Waals surface area contributed by atoms with E-state index in [4.69, 9.17) is 5.73 Å². The third kappa shape index (κ3) is 2.19. The first-order valence-corrected chi connectivity index (χ1v) is 4.13. The van der Waals surface area contributed by atoms with Crippen LogP contribution in [0.25, 0.3) is 0 Å². The van der Waals surface area contributed by atoms with Crippen LogP contribution < -0.4 is 5.73 Å². The molecule has 11 heavy (non-hydrogen) atoms. The van der Waals surface area contributed by atoms with Crippen LogP contribution in [0.2, 0.25) is 0 Å². The number of hydrogen-bond donors (Lipinski definition) is 1. The van der Waals surface area contributed by atoms with E-state index in [1.165, 1.54) is 0 Å². The van der Waals surface area contributed by atoms with E-state index in [1.807, 2.05) is 11.8 Å². The Morgan fingerprint density at radius 2 is 2.45 bits per heavy atom. The molecule has 1 rings (SSSR count). The number of carbonyl (C=O) groups excluding carboxylic acids is 1. The summed E-state index contributed by atoms with van der Waals surface area (Å²) in [4.78, 5) is 13.0. The maximum Gasteiger partial charge on any atom is 0.222 e. The Hall–Kier alpha value is -0.570. The molecule has 1 aliphatic heterocycles. The molecule has 3 nitrogen and oxygen atoms in total. The highest BCUT2D eigenvalue weighted by Crippen LogP contribution is 2.16. The lowest BCUT2D eigenvalue weighted by Crippen LogP contribution is -2.36. The van der Waals surface area contributed by atoms with Gasteiger partial charge >= 0.3 is 0 Å². The molecule has 0 aromatic rings. The van der Waals surface area contributed by atoms with Crippen molar-refractivity contribution in [1.29, 1.82) is 0 Å². The summed E-state index contributed by atoms with van der Waals surface area (Å²) < 4.78 is 0. The smallest absolute Gasteiger partial charge is 0.222 e. The highest BCUT2D eigenvalue weighted by molar-refractivity contribution is 5.78. The van der Waals surface area contributed by atoms with Crippen LogP contribution in [0.3, 0.4) is 0 Å². The van der Waals surface area contributed by atoms with E-state index >= 15 is 0 Å². The van der Waals surface area contributed by atoms with Gasteiger partial charge in [0.1, 0.15) is 0 Å². The van der Waals surface area contributed by atoms with Gasteiger partial charge in [0.05, 0.1) is 0 Å². The minimum absolute atomic E-state index is 0.101. The third-order valence-electron chi connectivity index (χ3n) is 1.92. The molecule has 0 bridgehead atoms. The molecule has 2 N–H and O–H groups in total. The topological polar surface area (TPSA) is 46.3 Å². The van der Waals surface area contributed by atoms with Crippen LogP contribution in [0.5, 0.6) is 0 Å². The lowest BCUT2D eigenvalue weighted by molar-refractivity contribution is -0.127. The van der Waals surface area contributed by atoms with Crippen molar-refractivity contribution in [1.82, 2.24) is 4.90 Å². The van der Waals surface area contributed by atoms with Crippen LogP contribution in [0.4, 0.5) is 0 Å². The van der Waals surface area contributed by atoms with Crippen molar-refractivity contribution >= 4 is 5.91 Å². The molecule has 0 aromatic carbocycles. The Labute approximate surface area is 67.5 Å². The number of amides is 1. The Morgan fingerprint density at radius 3 is 2.82 bits per heavy atom. The molecule has 0 spiro atoms. The van der Waals surface area contributed by atoms with Crippen LogP contribution in [0.15, 0.2) is 0 Å². The Kier molecular flexibility index (Phi) is 2.49. The highest BCUT2D eigenvalue weighted by Gasteiger charge is 2.26. The van der Waals surface area contributed by atoms with E-state index in [0.29, 0.717) is 18.9 Å². The fourth-order valence-corrected chi connectivity index (χ4v) is 1.49. The van der Waals surface area contributed by atoms with Crippen molar-refractivity contribution < 1.29 is 4.79 Å². The van der Waals surface area contributed by atoms with Crippen LogP contribution in [0.1, 0.15) is 20.3 Å². The second kappa shape index (κ2) is 3.22. The van der Waals surface area contributed by atoms with E-state index < -0.39 is 0 Å². The summed E-state index contributed by atoms with van der Waals surface area (Å²) >= 11 is 0. The lowest BCUT2D eigenvalue weighted by atomic mass is 10.2. The Morgan fingerprint density at radius 1 is 1.82 bits per heavy atom. The minimum Gasteiger partial charge on any atom is -0.341 e. The molecule has 2 atom stereocenters. The predicted molar refractivity (Wildman–Crippen MR) is 44.0 cm³/mol. The number of hydrogen-bond acceptors (Lipinski definition) is 2. The zero-order valence-electron chi connectivity index (χ0n) is 7.21. The first-order chi connectivity index (χ1) is 5.09. The number of rotatable bonds is 2. The van der Waals surface area contributed by atoms with Crippen molar-refractivity contribution in [2.24, 2.45) is 11.7 Å². The molecular weight excluding hydrogens is 140 g/mol. The first-order valence-electron chi connectivity index (χ1n) is 4.13. The normalized spacial score (nSPS) is 27.7. The monoisotopic (exact) mass is 156 g/mol. The molecule has 1 amide bonds. The fourth-order valence-electron chi connectivity index (χ4n) is 1.49. The van der Waals surface area contributed by atoms with Crippen molar-refractivity contribution in [2.75, 3.05) is 13.1 Å². The van der Waals surface area contributed by atoms with Crippen LogP contribution >= 0.6 is 0 Å². The molecule has 1 heterocycles. The van der Waals surface area contributed by atoms with Crippen molar-refractivity contribution in [3.05, 3.63) is 0 Å². The molecule has 0 aromatic heterocycles. The zero-order valence-corrected chi connectivity index (χ0v) is 7.21. The van der Waals surface area contributed by atoms with Gasteiger partial charge < -0.3 is 10.6 Å². The van der Waals surface area contributed by atoms with E-state index in [1.54, 1.807) is 0 Å². The van der Waals surface area contributed by atoms with E-state index in [0.717, 1.165) is 6.54 Å². The van der Waals surface area contributed by atoms with Gasteiger partial charge in [-0.1, -0.05) is 6.92 Å². The lowest BCUT2D eigenvalue weighted by Gasteiger charge is -2.17. The maximum absolute atomic E-state index is 11.2. The second-order valence-corrected chi connectivity index (χ2v) is 3.59. The Balaban J connectivity index is 2.41. The fraction of sp³-hybridized carbons (Fsp3) is 0.875. The van der Waals surface area contributed by atoms with Crippen LogP contribution in [0, 0.1) is 5.92 Å². The summed E-state index contributed by atoms with van der Waals surface area (Å²) in [6.45, 7) is 5.62. The Bertz CT molecular complexity index is 156. The SMILES string of the molecule is CC(N)CN1CC(C)CC1=O. The number of carbonyl (C=O) groups is 1. The standard InChI is InChI=1S/C8H16N2O/c1-6-3-8(11)10(4-6)5-7(2)9/h6-7H,3-5,9H2,1-2H3. The molecule has 1 fully saturated rings. The quantitative estimate of drug-likeness (QED) is 0.621. The molecule has 64 valence electrons. The second-order valence-electron chi connectivity index (χ2n) is 3.59. The molecule has 0 aliphatic carbocycles. The summed E-state index contributed by atoms with van der Waals surface area (Å²) in [5.41, 5.74) is 5.59. The van der Waals surface area contributed by atoms with Crippen molar-refractivity contribution in [3.63, 3.8) is 0 Å². The summed E-state index contributed by atoms with van der Waals surface area (Å²) in [7, 11) is 0. The van der Waals surface area contributed by atoms with E-state index in [2.05, 4.69) is 6.92 Å². The molecule has 1 aliphatic rings. The van der Waals surface area contributed by atoms with Crippen LogP contribution in [-0.2, 0) is 4.79 Å². The van der Waals surface area contributed by atoms with E-state index in [9.17, 15) is 4.79 Å². The van der Waals surface area contributed by atoms with Gasteiger partial charge in [-0.3, -0.25) is 4.79 Å². The highest BCUT2D eigenvalue weighted by atomic mass is 16.2. The molecule has 0 saturated carbocycles. The summed E-state index contributed by atoms with van der Waals surface area (Å²) in [5.74, 6) is 0.774. The van der Waals surface area contributed by atoms with Gasteiger partial charge in [-0.05, 0) is 12.8 Å². The summed E-state index contributed by atoms with van der Waals surface area (Å²) in [6.07, 6.45) is 0.701. The van der Waals surface area contributed by atoms with Gasteiger partial charge in [0.25, 0.3) is 0 Å². The van der Waals surface area contributed by atoms with Gasteiger partial charge in [0.2, 0.25) is 5.91 Å². The molecule has 1 saturated heterocycles. The number of nitrogens with zero attached hydrogens (tertiary/aromatic N) is 1. The van der Waals surface area contributed by atoms with Gasteiger partial charge in [-0.15, -0.1) is 0 Å². The van der Waals surface area contributed by atoms with Gasteiger partial charge in [-0.2, -0.15) is 0 Å². The average Bonchev–Trinajstić information content (AvgIpc) is 2.09. The zero-order chi connectivity index (χ0) is 8.43. The molecule has 0 radical (unpaired) electrons. The predicted octanol–water partition coefficient (Wildman–Crippen LogP) is 0.202. The summed E-state index contributed by atoms with van der Waals surface area (Å²) in [6, 6.07) is 0.101. The molecule has 2 unspecified atom stereocenters. The van der Waals surface area contributed by atoms with Gasteiger partial charge in [-0.25, -0.2) is 0 Å². The van der Waals surface area contributed by atoms with Crippen LogP contribution in [-0.4, -0.2) is 29.9 Å². The summed E-state index contributed by atoms with van der Waals surface area (Å²) in [5, 5.41) is 0. The number of nitrogens with two attached hydrogens (primary N) is 1. The number of likely N-dealkylation sites (tertiary alicyclic amines) is 1. The maximum atomic E-state index is 11.2. The third-order valence-corrected chi connectivity index (χ3v) is 1.92. The van der Waals surface area contributed by atoms with Gasteiger partial charge in [0.15, 0.2) is 0 Å². The van der Waals surface area contributed by atoms with Crippen molar-refractivity contribution in [3.8, 4) is 0 Å². The van der Waals surface area contributed by atoms with Gasteiger partial charge in [0, 0.05) is 25.6 Å². The first kappa shape index (κ1) is 8.53. The van der Waals surface area contributed by atoms with Crippen molar-refractivity contribution in [2.45, 2.75) is 26.3 Å². The molecule has 3 heteroatoms. The largest absolute Gasteiger partial charge is 0.341 e. The van der Waals surface area contributed by atoms with E-state index in [-0.39, 0.29) is 11.9 Å². The molecular formula is C8H16N2O.